The average Bonchev–Trinajstić information content (AvgIpc) is 2.91. The van der Waals surface area contributed by atoms with Crippen molar-refractivity contribution in [2.75, 3.05) is 18.4 Å². The molecule has 1 N–H and O–H groups in total. The molecule has 0 spiro atoms. The SMILES string of the molecule is CC(C)N1CCC(Nc2ccc3c(c2)OC(C)(C)O3)C1. The van der Waals surface area contributed by atoms with Crippen LogP contribution in [0.15, 0.2) is 18.2 Å². The van der Waals surface area contributed by atoms with Gasteiger partial charge in [-0.25, -0.2) is 0 Å². The molecule has 4 nitrogen and oxygen atoms in total. The number of hydrogen-bond acceptors (Lipinski definition) is 4. The normalized spacial score (nSPS) is 24.4. The number of benzene rings is 1. The summed E-state index contributed by atoms with van der Waals surface area (Å²) in [4.78, 5) is 2.51. The van der Waals surface area contributed by atoms with Gasteiger partial charge < -0.3 is 14.8 Å². The van der Waals surface area contributed by atoms with Crippen molar-refractivity contribution in [2.24, 2.45) is 0 Å². The highest BCUT2D eigenvalue weighted by molar-refractivity contribution is 5.56. The van der Waals surface area contributed by atoms with Crippen LogP contribution in [0, 0.1) is 0 Å². The van der Waals surface area contributed by atoms with E-state index in [0.29, 0.717) is 12.1 Å². The average molecular weight is 276 g/mol. The lowest BCUT2D eigenvalue weighted by Gasteiger charge is -2.21. The van der Waals surface area contributed by atoms with E-state index in [0.717, 1.165) is 23.7 Å². The largest absolute Gasteiger partial charge is 0.449 e. The number of anilines is 1. The molecule has 1 aromatic rings. The first-order valence-corrected chi connectivity index (χ1v) is 7.46. The summed E-state index contributed by atoms with van der Waals surface area (Å²) >= 11 is 0. The molecule has 1 saturated heterocycles. The van der Waals surface area contributed by atoms with Crippen LogP contribution < -0.4 is 14.8 Å². The summed E-state index contributed by atoms with van der Waals surface area (Å²) in [5, 5.41) is 3.61. The van der Waals surface area contributed by atoms with Crippen molar-refractivity contribution >= 4 is 5.69 Å². The molecule has 0 saturated carbocycles. The molecule has 0 bridgehead atoms. The van der Waals surface area contributed by atoms with Crippen molar-refractivity contribution in [3.05, 3.63) is 18.2 Å². The van der Waals surface area contributed by atoms with Crippen LogP contribution in [0.1, 0.15) is 34.1 Å². The predicted molar refractivity (Wildman–Crippen MR) is 80.5 cm³/mol. The molecular formula is C16H24N2O2. The molecule has 1 unspecified atom stereocenters. The van der Waals surface area contributed by atoms with Gasteiger partial charge in [-0.2, -0.15) is 0 Å². The first-order valence-electron chi connectivity index (χ1n) is 7.46. The van der Waals surface area contributed by atoms with E-state index < -0.39 is 5.79 Å². The molecule has 2 aliphatic rings. The summed E-state index contributed by atoms with van der Waals surface area (Å²) in [6, 6.07) is 7.25. The summed E-state index contributed by atoms with van der Waals surface area (Å²) in [5.74, 6) is 1.11. The fraction of sp³-hybridized carbons (Fsp3) is 0.625. The topological polar surface area (TPSA) is 33.7 Å². The van der Waals surface area contributed by atoms with E-state index in [2.05, 4.69) is 30.1 Å². The van der Waals surface area contributed by atoms with Gasteiger partial charge in [0, 0.05) is 50.8 Å². The minimum atomic E-state index is -0.553. The van der Waals surface area contributed by atoms with Gasteiger partial charge in [0.05, 0.1) is 0 Å². The molecule has 2 heterocycles. The Balaban J connectivity index is 1.66. The van der Waals surface area contributed by atoms with E-state index in [9.17, 15) is 0 Å². The van der Waals surface area contributed by atoms with Crippen LogP contribution in [0.4, 0.5) is 5.69 Å². The number of likely N-dealkylation sites (tertiary alicyclic amines) is 1. The summed E-state index contributed by atoms with van der Waals surface area (Å²) in [7, 11) is 0. The van der Waals surface area contributed by atoms with Gasteiger partial charge in [0.2, 0.25) is 5.79 Å². The monoisotopic (exact) mass is 276 g/mol. The maximum atomic E-state index is 5.79. The number of nitrogens with zero attached hydrogens (tertiary/aromatic N) is 1. The second kappa shape index (κ2) is 4.85. The maximum absolute atomic E-state index is 5.79. The number of ether oxygens (including phenoxy) is 2. The van der Waals surface area contributed by atoms with E-state index in [-0.39, 0.29) is 0 Å². The highest BCUT2D eigenvalue weighted by atomic mass is 16.7. The Morgan fingerprint density at radius 1 is 1.25 bits per heavy atom. The van der Waals surface area contributed by atoms with Gasteiger partial charge in [0.25, 0.3) is 0 Å². The van der Waals surface area contributed by atoms with Gasteiger partial charge in [-0.1, -0.05) is 0 Å². The number of hydrogen-bond donors (Lipinski definition) is 1. The minimum Gasteiger partial charge on any atom is -0.449 e. The van der Waals surface area contributed by atoms with Gasteiger partial charge in [0.15, 0.2) is 11.5 Å². The maximum Gasteiger partial charge on any atom is 0.246 e. The quantitative estimate of drug-likeness (QED) is 0.920. The summed E-state index contributed by atoms with van der Waals surface area (Å²) in [6.45, 7) is 10.6. The van der Waals surface area contributed by atoms with Gasteiger partial charge in [0.1, 0.15) is 0 Å². The lowest BCUT2D eigenvalue weighted by molar-refractivity contribution is -0.0431. The highest BCUT2D eigenvalue weighted by Gasteiger charge is 2.32. The summed E-state index contributed by atoms with van der Waals surface area (Å²) in [6.07, 6.45) is 1.19. The Morgan fingerprint density at radius 3 is 2.70 bits per heavy atom. The molecule has 110 valence electrons. The molecule has 0 aromatic heterocycles. The molecule has 1 atom stereocenters. The summed E-state index contributed by atoms with van der Waals surface area (Å²) < 4.78 is 11.5. The second-order valence-corrected chi connectivity index (χ2v) is 6.48. The first-order chi connectivity index (χ1) is 9.43. The molecule has 1 aromatic carbocycles. The van der Waals surface area contributed by atoms with E-state index in [1.165, 1.54) is 13.0 Å². The van der Waals surface area contributed by atoms with E-state index in [4.69, 9.17) is 9.47 Å². The fourth-order valence-corrected chi connectivity index (χ4v) is 2.92. The van der Waals surface area contributed by atoms with Crippen molar-refractivity contribution in [1.29, 1.82) is 0 Å². The number of nitrogens with one attached hydrogen (secondary N) is 1. The molecule has 3 rings (SSSR count). The Kier molecular flexibility index (Phi) is 3.28. The zero-order valence-corrected chi connectivity index (χ0v) is 12.8. The van der Waals surface area contributed by atoms with Crippen molar-refractivity contribution < 1.29 is 9.47 Å². The Hall–Kier alpha value is -1.42. The zero-order chi connectivity index (χ0) is 14.3. The molecule has 2 aliphatic heterocycles. The van der Waals surface area contributed by atoms with E-state index in [1.54, 1.807) is 0 Å². The summed E-state index contributed by atoms with van der Waals surface area (Å²) in [5.41, 5.74) is 1.11. The van der Waals surface area contributed by atoms with Gasteiger partial charge in [-0.15, -0.1) is 0 Å². The Bertz CT molecular complexity index is 499. The highest BCUT2D eigenvalue weighted by Crippen LogP contribution is 2.40. The second-order valence-electron chi connectivity index (χ2n) is 6.48. The molecule has 0 radical (unpaired) electrons. The van der Waals surface area contributed by atoms with E-state index >= 15 is 0 Å². The fourth-order valence-electron chi connectivity index (χ4n) is 2.92. The van der Waals surface area contributed by atoms with Gasteiger partial charge in [-0.3, -0.25) is 4.90 Å². The van der Waals surface area contributed by atoms with E-state index in [1.807, 2.05) is 26.0 Å². The van der Waals surface area contributed by atoms with Crippen molar-refractivity contribution in [2.45, 2.75) is 52.0 Å². The van der Waals surface area contributed by atoms with Gasteiger partial charge >= 0.3 is 0 Å². The van der Waals surface area contributed by atoms with Gasteiger partial charge in [-0.05, 0) is 32.4 Å². The zero-order valence-electron chi connectivity index (χ0n) is 12.8. The number of rotatable bonds is 3. The molecule has 0 amide bonds. The minimum absolute atomic E-state index is 0.519. The molecule has 1 fully saturated rings. The predicted octanol–water partition coefficient (Wildman–Crippen LogP) is 3.09. The third-order valence-corrected chi connectivity index (χ3v) is 3.98. The first kappa shape index (κ1) is 13.6. The molecule has 4 heteroatoms. The molecule has 0 aliphatic carbocycles. The molecule has 20 heavy (non-hydrogen) atoms. The van der Waals surface area contributed by atoms with Crippen molar-refractivity contribution in [3.63, 3.8) is 0 Å². The van der Waals surface area contributed by atoms with Crippen LogP contribution in [0.25, 0.3) is 0 Å². The van der Waals surface area contributed by atoms with Crippen LogP contribution in [0.3, 0.4) is 0 Å². The third kappa shape index (κ3) is 2.70. The number of fused-ring (bicyclic) bond motifs is 1. The Morgan fingerprint density at radius 2 is 2.00 bits per heavy atom. The van der Waals surface area contributed by atoms with Crippen molar-refractivity contribution in [1.82, 2.24) is 4.90 Å². The van der Waals surface area contributed by atoms with Crippen LogP contribution in [0.2, 0.25) is 0 Å². The third-order valence-electron chi connectivity index (χ3n) is 3.98. The van der Waals surface area contributed by atoms with Crippen LogP contribution in [0.5, 0.6) is 11.5 Å². The smallest absolute Gasteiger partial charge is 0.246 e. The lowest BCUT2D eigenvalue weighted by atomic mass is 10.2. The van der Waals surface area contributed by atoms with Crippen molar-refractivity contribution in [3.8, 4) is 11.5 Å². The lowest BCUT2D eigenvalue weighted by Crippen LogP contribution is -2.31. The standard InChI is InChI=1S/C16H24N2O2/c1-11(2)18-8-7-13(10-18)17-12-5-6-14-15(9-12)20-16(3,4)19-14/h5-6,9,11,13,17H,7-8,10H2,1-4H3. The van der Waals surface area contributed by atoms with Crippen LogP contribution >= 0.6 is 0 Å². The van der Waals surface area contributed by atoms with Crippen LogP contribution in [-0.4, -0.2) is 35.9 Å². The molecular weight excluding hydrogens is 252 g/mol. The Labute approximate surface area is 121 Å². The van der Waals surface area contributed by atoms with Crippen LogP contribution in [-0.2, 0) is 0 Å².